The number of nitrogens with zero attached hydrogens (tertiary/aromatic N) is 2. The molecule has 2 aromatic carbocycles. The molecule has 1 aliphatic heterocycles. The maximum atomic E-state index is 13.2. The highest BCUT2D eigenvalue weighted by molar-refractivity contribution is 6.23. The molecule has 0 spiro atoms. The molecule has 0 saturated carbocycles. The third kappa shape index (κ3) is 4.83. The van der Waals surface area contributed by atoms with Crippen molar-refractivity contribution in [3.05, 3.63) is 84.0 Å². The van der Waals surface area contributed by atoms with Crippen molar-refractivity contribution in [1.82, 2.24) is 0 Å². The number of hydrazine groups is 1. The molecule has 0 radical (unpaired) electrons. The summed E-state index contributed by atoms with van der Waals surface area (Å²) in [5.74, 6) is -1.06. The van der Waals surface area contributed by atoms with Crippen LogP contribution in [0.1, 0.15) is 40.0 Å². The minimum absolute atomic E-state index is 0.182. The van der Waals surface area contributed by atoms with Gasteiger partial charge in [0.2, 0.25) is 0 Å². The number of anilines is 2. The highest BCUT2D eigenvalue weighted by atomic mass is 16.2. The van der Waals surface area contributed by atoms with E-state index in [9.17, 15) is 9.59 Å². The van der Waals surface area contributed by atoms with Crippen LogP contribution in [0, 0.1) is 5.92 Å². The molecule has 1 saturated heterocycles. The summed E-state index contributed by atoms with van der Waals surface area (Å²) in [6, 6.07) is 18.7. The lowest BCUT2D eigenvalue weighted by molar-refractivity contribution is -0.126. The number of benzene rings is 2. The predicted octanol–water partition coefficient (Wildman–Crippen LogP) is 5.68. The van der Waals surface area contributed by atoms with Crippen molar-refractivity contribution in [2.75, 3.05) is 10.0 Å². The van der Waals surface area contributed by atoms with Crippen LogP contribution in [0.3, 0.4) is 0 Å². The Morgan fingerprint density at radius 2 is 1.28 bits per heavy atom. The second-order valence-corrected chi connectivity index (χ2v) is 7.63. The van der Waals surface area contributed by atoms with Crippen molar-refractivity contribution in [1.29, 1.82) is 0 Å². The summed E-state index contributed by atoms with van der Waals surface area (Å²) >= 11 is 0. The van der Waals surface area contributed by atoms with Gasteiger partial charge in [-0.05, 0) is 64.3 Å². The minimum Gasteiger partial charge on any atom is -0.272 e. The van der Waals surface area contributed by atoms with Crippen molar-refractivity contribution in [2.45, 2.75) is 40.0 Å². The van der Waals surface area contributed by atoms with E-state index < -0.39 is 5.92 Å². The summed E-state index contributed by atoms with van der Waals surface area (Å²) in [7, 11) is 0. The van der Waals surface area contributed by atoms with E-state index >= 15 is 0 Å². The van der Waals surface area contributed by atoms with Crippen LogP contribution < -0.4 is 10.0 Å². The molecule has 0 aromatic heterocycles. The highest BCUT2D eigenvalue weighted by Gasteiger charge is 2.46. The summed E-state index contributed by atoms with van der Waals surface area (Å²) in [6.45, 7) is 6.24. The summed E-state index contributed by atoms with van der Waals surface area (Å²) in [6.07, 6.45) is 6.58. The maximum absolute atomic E-state index is 13.2. The molecule has 3 rings (SSSR count). The fraction of sp³-hybridized carbons (Fsp3) is 0.280. The van der Waals surface area contributed by atoms with Crippen molar-refractivity contribution < 1.29 is 9.59 Å². The number of carbonyl (C=O) groups excluding carboxylic acids is 2. The van der Waals surface area contributed by atoms with Gasteiger partial charge in [0.25, 0.3) is 11.8 Å². The van der Waals surface area contributed by atoms with Crippen LogP contribution in [0.25, 0.3) is 0 Å². The lowest BCUT2D eigenvalue weighted by Crippen LogP contribution is -2.41. The van der Waals surface area contributed by atoms with Gasteiger partial charge in [0, 0.05) is 0 Å². The minimum atomic E-state index is -0.700. The number of amides is 2. The Kier molecular flexibility index (Phi) is 6.65. The quantitative estimate of drug-likeness (QED) is 0.452. The summed E-state index contributed by atoms with van der Waals surface area (Å²) in [5, 5.41) is 3.02. The average molecular weight is 389 g/mol. The van der Waals surface area contributed by atoms with Gasteiger partial charge >= 0.3 is 0 Å². The monoisotopic (exact) mass is 388 g/mol. The topological polar surface area (TPSA) is 40.6 Å². The van der Waals surface area contributed by atoms with E-state index in [1.165, 1.54) is 21.2 Å². The van der Waals surface area contributed by atoms with E-state index in [4.69, 9.17) is 0 Å². The highest BCUT2D eigenvalue weighted by Crippen LogP contribution is 2.33. The third-order valence-electron chi connectivity index (χ3n) is 5.01. The maximum Gasteiger partial charge on any atom is 0.259 e. The Labute approximate surface area is 173 Å². The van der Waals surface area contributed by atoms with E-state index in [0.717, 1.165) is 12.8 Å². The van der Waals surface area contributed by atoms with Crippen molar-refractivity contribution in [3.63, 3.8) is 0 Å². The predicted molar refractivity (Wildman–Crippen MR) is 118 cm³/mol. The summed E-state index contributed by atoms with van der Waals surface area (Å²) in [5.41, 5.74) is 3.89. The SMILES string of the molecule is CC(C)=CCC/C(C)=C/CC1C(=O)N(c2ccccc2)N(c2ccccc2)C1=O. The van der Waals surface area contributed by atoms with Crippen LogP contribution in [0.5, 0.6) is 0 Å². The van der Waals surface area contributed by atoms with Crippen LogP contribution in [0.2, 0.25) is 0 Å². The van der Waals surface area contributed by atoms with E-state index in [1.807, 2.05) is 66.7 Å². The molecule has 29 heavy (non-hydrogen) atoms. The third-order valence-corrected chi connectivity index (χ3v) is 5.01. The largest absolute Gasteiger partial charge is 0.272 e. The smallest absolute Gasteiger partial charge is 0.259 e. The Morgan fingerprint density at radius 1 is 0.793 bits per heavy atom. The van der Waals surface area contributed by atoms with Crippen molar-refractivity contribution in [2.24, 2.45) is 5.92 Å². The molecule has 4 nitrogen and oxygen atoms in total. The Morgan fingerprint density at radius 3 is 1.72 bits per heavy atom. The molecule has 0 aliphatic carbocycles. The molecule has 1 fully saturated rings. The van der Waals surface area contributed by atoms with E-state index in [0.29, 0.717) is 17.8 Å². The molecule has 150 valence electrons. The van der Waals surface area contributed by atoms with Crippen LogP contribution in [0.15, 0.2) is 84.0 Å². The number of hydrogen-bond donors (Lipinski definition) is 0. The number of allylic oxidation sites excluding steroid dienone is 4. The average Bonchev–Trinajstić information content (AvgIpc) is 2.97. The summed E-state index contributed by atoms with van der Waals surface area (Å²) < 4.78 is 0. The first-order chi connectivity index (χ1) is 14.0. The van der Waals surface area contributed by atoms with Gasteiger partial charge in [-0.25, -0.2) is 10.0 Å². The Hall–Kier alpha value is -3.14. The van der Waals surface area contributed by atoms with E-state index in [2.05, 4.69) is 26.8 Å². The molecule has 2 amide bonds. The van der Waals surface area contributed by atoms with Crippen LogP contribution in [-0.2, 0) is 9.59 Å². The van der Waals surface area contributed by atoms with E-state index in [-0.39, 0.29) is 11.8 Å². The zero-order chi connectivity index (χ0) is 20.8. The lowest BCUT2D eigenvalue weighted by Gasteiger charge is -2.27. The number of hydrogen-bond acceptors (Lipinski definition) is 2. The molecule has 0 atom stereocenters. The normalized spacial score (nSPS) is 15.2. The van der Waals surface area contributed by atoms with Gasteiger partial charge in [0.1, 0.15) is 5.92 Å². The van der Waals surface area contributed by atoms with Crippen LogP contribution in [0.4, 0.5) is 11.4 Å². The molecule has 4 heteroatoms. The molecule has 0 unspecified atom stereocenters. The molecular weight excluding hydrogens is 360 g/mol. The van der Waals surface area contributed by atoms with Crippen molar-refractivity contribution >= 4 is 23.2 Å². The molecule has 1 aliphatic rings. The standard InChI is InChI=1S/C25H28N2O2/c1-19(2)11-10-12-20(3)17-18-23-24(28)26(21-13-6-4-7-14-21)27(25(23)29)22-15-8-5-9-16-22/h4-9,11,13-17,23H,10,12,18H2,1-3H3/b20-17+. The van der Waals surface area contributed by atoms with Gasteiger partial charge in [-0.15, -0.1) is 0 Å². The molecule has 2 aromatic rings. The van der Waals surface area contributed by atoms with Gasteiger partial charge in [0.05, 0.1) is 11.4 Å². The van der Waals surface area contributed by atoms with Gasteiger partial charge < -0.3 is 0 Å². The molecule has 0 N–H and O–H groups in total. The first kappa shape index (κ1) is 20.6. The fourth-order valence-electron chi connectivity index (χ4n) is 3.43. The first-order valence-corrected chi connectivity index (χ1v) is 10.1. The number of rotatable bonds is 7. The Balaban J connectivity index is 1.85. The molecule has 0 bridgehead atoms. The van der Waals surface area contributed by atoms with Gasteiger partial charge in [-0.3, -0.25) is 9.59 Å². The Bertz CT molecular complexity index is 855. The molecule has 1 heterocycles. The zero-order valence-electron chi connectivity index (χ0n) is 17.3. The van der Waals surface area contributed by atoms with Gasteiger partial charge in [0.15, 0.2) is 0 Å². The number of carbonyl (C=O) groups is 2. The van der Waals surface area contributed by atoms with Gasteiger partial charge in [-0.1, -0.05) is 59.7 Å². The lowest BCUT2D eigenvalue weighted by atomic mass is 10.0. The first-order valence-electron chi connectivity index (χ1n) is 10.1. The molecular formula is C25H28N2O2. The van der Waals surface area contributed by atoms with Crippen molar-refractivity contribution in [3.8, 4) is 0 Å². The van der Waals surface area contributed by atoms with Crippen LogP contribution in [-0.4, -0.2) is 11.8 Å². The zero-order valence-corrected chi connectivity index (χ0v) is 17.3. The summed E-state index contributed by atoms with van der Waals surface area (Å²) in [4.78, 5) is 26.5. The fourth-order valence-corrected chi connectivity index (χ4v) is 3.43. The number of para-hydroxylation sites is 2. The second-order valence-electron chi connectivity index (χ2n) is 7.63. The van der Waals surface area contributed by atoms with Gasteiger partial charge in [-0.2, -0.15) is 0 Å². The second kappa shape index (κ2) is 9.37. The van der Waals surface area contributed by atoms with Crippen LogP contribution >= 0.6 is 0 Å². The van der Waals surface area contributed by atoms with E-state index in [1.54, 1.807) is 0 Å².